The third-order valence-electron chi connectivity index (χ3n) is 2.59. The van der Waals surface area contributed by atoms with Crippen LogP contribution in [0.5, 0.6) is 0 Å². The number of hydrogen-bond donors (Lipinski definition) is 1. The summed E-state index contributed by atoms with van der Waals surface area (Å²) in [6.45, 7) is 5.97. The van der Waals surface area contributed by atoms with Crippen LogP contribution in [0.1, 0.15) is 33.1 Å². The molecule has 0 aromatic rings. The molecule has 1 saturated heterocycles. The van der Waals surface area contributed by atoms with Crippen LogP contribution in [-0.4, -0.2) is 37.9 Å². The van der Waals surface area contributed by atoms with Crippen molar-refractivity contribution in [2.24, 2.45) is 0 Å². The van der Waals surface area contributed by atoms with Gasteiger partial charge in [-0.1, -0.05) is 0 Å². The Bertz CT molecular complexity index is 196. The lowest BCUT2D eigenvalue weighted by Gasteiger charge is -2.10. The van der Waals surface area contributed by atoms with E-state index in [0.717, 1.165) is 26.0 Å². The first-order valence-corrected chi connectivity index (χ1v) is 5.76. The summed E-state index contributed by atoms with van der Waals surface area (Å²) in [4.78, 5) is 11.1. The topological polar surface area (TPSA) is 47.6 Å². The van der Waals surface area contributed by atoms with E-state index < -0.39 is 0 Å². The van der Waals surface area contributed by atoms with Crippen molar-refractivity contribution in [3.05, 3.63) is 0 Å². The highest BCUT2D eigenvalue weighted by atomic mass is 16.5. The summed E-state index contributed by atoms with van der Waals surface area (Å²) in [5.41, 5.74) is 0. The van der Waals surface area contributed by atoms with Gasteiger partial charge in [0.15, 0.2) is 0 Å². The molecule has 0 aliphatic carbocycles. The highest BCUT2D eigenvalue weighted by Crippen LogP contribution is 2.14. The Morgan fingerprint density at radius 3 is 2.87 bits per heavy atom. The predicted molar refractivity (Wildman–Crippen MR) is 57.7 cm³/mol. The number of carbonyl (C=O) groups is 1. The summed E-state index contributed by atoms with van der Waals surface area (Å²) in [6, 6.07) is 0.408. The lowest BCUT2D eigenvalue weighted by atomic mass is 10.1. The number of ether oxygens (including phenoxy) is 2. The number of carbonyl (C=O) groups excluding carboxylic acids is 1. The van der Waals surface area contributed by atoms with Crippen molar-refractivity contribution in [1.29, 1.82) is 0 Å². The first-order valence-electron chi connectivity index (χ1n) is 5.76. The molecule has 4 heteroatoms. The molecule has 0 saturated carbocycles. The molecule has 1 fully saturated rings. The molecule has 0 spiro atoms. The molecule has 4 nitrogen and oxygen atoms in total. The molecule has 1 heterocycles. The number of rotatable bonds is 6. The Kier molecular flexibility index (Phi) is 5.65. The van der Waals surface area contributed by atoms with E-state index in [1.807, 2.05) is 13.8 Å². The molecule has 1 rings (SSSR count). The van der Waals surface area contributed by atoms with Crippen molar-refractivity contribution >= 4 is 5.97 Å². The average molecular weight is 215 g/mol. The molecule has 88 valence electrons. The Balaban J connectivity index is 2.10. The first-order chi connectivity index (χ1) is 7.26. The molecule has 0 bridgehead atoms. The fraction of sp³-hybridized carbons (Fsp3) is 0.909. The van der Waals surface area contributed by atoms with Crippen LogP contribution in [-0.2, 0) is 14.3 Å². The zero-order valence-electron chi connectivity index (χ0n) is 9.62. The SMILES string of the molecule is CCOC(=O)CC[C@@H]1C[C@H](OCC)CN1. The van der Waals surface area contributed by atoms with Gasteiger partial charge in [-0.3, -0.25) is 4.79 Å². The summed E-state index contributed by atoms with van der Waals surface area (Å²) >= 11 is 0. The number of esters is 1. The summed E-state index contributed by atoms with van der Waals surface area (Å²) in [5, 5.41) is 3.36. The molecule has 1 N–H and O–H groups in total. The van der Waals surface area contributed by atoms with E-state index in [9.17, 15) is 4.79 Å². The molecule has 0 radical (unpaired) electrons. The van der Waals surface area contributed by atoms with Crippen molar-refractivity contribution < 1.29 is 14.3 Å². The Morgan fingerprint density at radius 2 is 2.20 bits per heavy atom. The fourth-order valence-electron chi connectivity index (χ4n) is 1.89. The van der Waals surface area contributed by atoms with Gasteiger partial charge in [-0.15, -0.1) is 0 Å². The van der Waals surface area contributed by atoms with Gasteiger partial charge >= 0.3 is 5.97 Å². The normalized spacial score (nSPS) is 25.5. The molecule has 1 aliphatic heterocycles. The van der Waals surface area contributed by atoms with Gasteiger partial charge in [0.2, 0.25) is 0 Å². The molecular weight excluding hydrogens is 194 g/mol. The minimum atomic E-state index is -0.0980. The average Bonchev–Trinajstić information content (AvgIpc) is 2.64. The van der Waals surface area contributed by atoms with Gasteiger partial charge in [0, 0.05) is 25.6 Å². The maximum atomic E-state index is 11.1. The number of hydrogen-bond acceptors (Lipinski definition) is 4. The van der Waals surface area contributed by atoms with Crippen LogP contribution >= 0.6 is 0 Å². The maximum Gasteiger partial charge on any atom is 0.305 e. The highest BCUT2D eigenvalue weighted by molar-refractivity contribution is 5.69. The van der Waals surface area contributed by atoms with Crippen LogP contribution in [0.25, 0.3) is 0 Å². The molecular formula is C11H21NO3. The third-order valence-corrected chi connectivity index (χ3v) is 2.59. The quantitative estimate of drug-likeness (QED) is 0.674. The van der Waals surface area contributed by atoms with Gasteiger partial charge in [0.1, 0.15) is 0 Å². The van der Waals surface area contributed by atoms with E-state index in [4.69, 9.17) is 9.47 Å². The Labute approximate surface area is 91.3 Å². The van der Waals surface area contributed by atoms with E-state index in [-0.39, 0.29) is 5.97 Å². The molecule has 0 amide bonds. The molecule has 15 heavy (non-hydrogen) atoms. The van der Waals surface area contributed by atoms with Crippen molar-refractivity contribution in [2.45, 2.75) is 45.3 Å². The van der Waals surface area contributed by atoms with E-state index in [1.54, 1.807) is 0 Å². The summed E-state index contributed by atoms with van der Waals surface area (Å²) < 4.78 is 10.4. The van der Waals surface area contributed by atoms with E-state index >= 15 is 0 Å². The standard InChI is InChI=1S/C11H21NO3/c1-3-14-10-7-9(12-8-10)5-6-11(13)15-4-2/h9-10,12H,3-8H2,1-2H3/t9-,10+/m1/s1. The summed E-state index contributed by atoms with van der Waals surface area (Å²) in [6.07, 6.45) is 2.68. The zero-order valence-corrected chi connectivity index (χ0v) is 9.62. The monoisotopic (exact) mass is 215 g/mol. The van der Waals surface area contributed by atoms with Gasteiger partial charge in [0.05, 0.1) is 12.7 Å². The molecule has 0 aromatic carbocycles. The lowest BCUT2D eigenvalue weighted by Crippen LogP contribution is -2.22. The lowest BCUT2D eigenvalue weighted by molar-refractivity contribution is -0.143. The number of nitrogens with one attached hydrogen (secondary N) is 1. The highest BCUT2D eigenvalue weighted by Gasteiger charge is 2.24. The molecule has 1 aliphatic rings. The van der Waals surface area contributed by atoms with Gasteiger partial charge in [-0.25, -0.2) is 0 Å². The fourth-order valence-corrected chi connectivity index (χ4v) is 1.89. The van der Waals surface area contributed by atoms with Crippen molar-refractivity contribution in [1.82, 2.24) is 5.32 Å². The first kappa shape index (κ1) is 12.5. The molecule has 0 unspecified atom stereocenters. The largest absolute Gasteiger partial charge is 0.466 e. The second kappa shape index (κ2) is 6.80. The Morgan fingerprint density at radius 1 is 1.40 bits per heavy atom. The summed E-state index contributed by atoms with van der Waals surface area (Å²) in [5.74, 6) is -0.0980. The van der Waals surface area contributed by atoms with Gasteiger partial charge in [0.25, 0.3) is 0 Å². The molecule has 0 aromatic heterocycles. The molecule has 2 atom stereocenters. The van der Waals surface area contributed by atoms with Gasteiger partial charge in [-0.05, 0) is 26.7 Å². The van der Waals surface area contributed by atoms with Gasteiger partial charge < -0.3 is 14.8 Å². The van der Waals surface area contributed by atoms with E-state index in [0.29, 0.717) is 25.2 Å². The van der Waals surface area contributed by atoms with Crippen LogP contribution in [0.3, 0.4) is 0 Å². The predicted octanol–water partition coefficient (Wildman–Crippen LogP) is 1.10. The minimum Gasteiger partial charge on any atom is -0.466 e. The maximum absolute atomic E-state index is 11.1. The van der Waals surface area contributed by atoms with Crippen LogP contribution in [0.15, 0.2) is 0 Å². The zero-order chi connectivity index (χ0) is 11.1. The van der Waals surface area contributed by atoms with Crippen LogP contribution in [0.4, 0.5) is 0 Å². The second-order valence-electron chi connectivity index (χ2n) is 3.76. The third kappa shape index (κ3) is 4.62. The minimum absolute atomic E-state index is 0.0980. The van der Waals surface area contributed by atoms with E-state index in [1.165, 1.54) is 0 Å². The van der Waals surface area contributed by atoms with Crippen molar-refractivity contribution in [2.75, 3.05) is 19.8 Å². The van der Waals surface area contributed by atoms with E-state index in [2.05, 4.69) is 5.32 Å². The van der Waals surface area contributed by atoms with Crippen LogP contribution < -0.4 is 5.32 Å². The Hall–Kier alpha value is -0.610. The van der Waals surface area contributed by atoms with Crippen molar-refractivity contribution in [3.63, 3.8) is 0 Å². The van der Waals surface area contributed by atoms with Crippen molar-refractivity contribution in [3.8, 4) is 0 Å². The van der Waals surface area contributed by atoms with Gasteiger partial charge in [-0.2, -0.15) is 0 Å². The van der Waals surface area contributed by atoms with Crippen LogP contribution in [0.2, 0.25) is 0 Å². The smallest absolute Gasteiger partial charge is 0.305 e. The van der Waals surface area contributed by atoms with Crippen LogP contribution in [0, 0.1) is 0 Å². The second-order valence-corrected chi connectivity index (χ2v) is 3.76. The summed E-state index contributed by atoms with van der Waals surface area (Å²) in [7, 11) is 0.